The van der Waals surface area contributed by atoms with Crippen molar-refractivity contribution in [3.63, 3.8) is 0 Å². The van der Waals surface area contributed by atoms with Gasteiger partial charge in [-0.1, -0.05) is 13.5 Å². The Hall–Kier alpha value is -0.920. The summed E-state index contributed by atoms with van der Waals surface area (Å²) < 4.78 is 0. The smallest absolute Gasteiger partial charge is 0.0995 e. The third-order valence-corrected chi connectivity index (χ3v) is 1.11. The minimum atomic E-state index is 0.877. The zero-order chi connectivity index (χ0) is 5.98. The minimum absolute atomic E-state index is 0.877. The molecule has 0 unspecified atom stereocenters. The van der Waals surface area contributed by atoms with E-state index < -0.39 is 0 Å². The lowest BCUT2D eigenvalue weighted by Gasteiger charge is -1.96. The summed E-state index contributed by atoms with van der Waals surface area (Å²) in [4.78, 5) is 0. The van der Waals surface area contributed by atoms with Crippen LogP contribution < -0.4 is 10.6 Å². The van der Waals surface area contributed by atoms with Gasteiger partial charge in [-0.25, -0.2) is 0 Å². The average Bonchev–Trinajstić information content (AvgIpc) is 2.14. The number of nitrogens with one attached hydrogen (secondary N) is 2. The van der Waals surface area contributed by atoms with Crippen molar-refractivity contribution in [2.24, 2.45) is 0 Å². The summed E-state index contributed by atoms with van der Waals surface area (Å²) in [6.07, 6.45) is 2.97. The summed E-state index contributed by atoms with van der Waals surface area (Å²) >= 11 is 0. The van der Waals surface area contributed by atoms with Gasteiger partial charge in [0.15, 0.2) is 0 Å². The van der Waals surface area contributed by atoms with Crippen LogP contribution in [0.25, 0.3) is 0 Å². The van der Waals surface area contributed by atoms with Crippen molar-refractivity contribution >= 4 is 0 Å². The van der Waals surface area contributed by atoms with Gasteiger partial charge in [0.2, 0.25) is 0 Å². The Morgan fingerprint density at radius 1 is 1.75 bits per heavy atom. The Bertz CT molecular complexity index is 135. The average molecular weight is 110 g/mol. The maximum Gasteiger partial charge on any atom is 0.0995 e. The van der Waals surface area contributed by atoms with Gasteiger partial charge in [-0.2, -0.15) is 0 Å². The quantitative estimate of drug-likeness (QED) is 0.524. The van der Waals surface area contributed by atoms with E-state index in [1.807, 2.05) is 6.20 Å². The first kappa shape index (κ1) is 5.22. The van der Waals surface area contributed by atoms with Gasteiger partial charge in [-0.3, -0.25) is 0 Å². The fraction of sp³-hybridized carbons (Fsp3) is 0.333. The molecule has 2 heteroatoms. The number of rotatable bonds is 1. The maximum atomic E-state index is 3.68. The SMILES string of the molecule is C=C1NC=C(CC)N1. The highest BCUT2D eigenvalue weighted by Crippen LogP contribution is 2.01. The zero-order valence-electron chi connectivity index (χ0n) is 4.99. The van der Waals surface area contributed by atoms with Gasteiger partial charge < -0.3 is 10.6 Å². The van der Waals surface area contributed by atoms with Crippen molar-refractivity contribution in [3.05, 3.63) is 24.3 Å². The van der Waals surface area contributed by atoms with Gasteiger partial charge >= 0.3 is 0 Å². The molecule has 1 rings (SSSR count). The third kappa shape index (κ3) is 0.832. The van der Waals surface area contributed by atoms with Crippen molar-refractivity contribution in [1.29, 1.82) is 0 Å². The van der Waals surface area contributed by atoms with Crippen LogP contribution in [-0.4, -0.2) is 0 Å². The van der Waals surface area contributed by atoms with Gasteiger partial charge in [-0.15, -0.1) is 0 Å². The summed E-state index contributed by atoms with van der Waals surface area (Å²) in [6, 6.07) is 0. The van der Waals surface area contributed by atoms with Crippen molar-refractivity contribution in [2.45, 2.75) is 13.3 Å². The summed E-state index contributed by atoms with van der Waals surface area (Å²) in [5, 5.41) is 6.01. The molecule has 0 atom stereocenters. The molecule has 1 aliphatic rings. The standard InChI is InChI=1S/C6H10N2/c1-3-6-4-7-5(2)8-6/h4,7-8H,2-3H2,1H3. The molecule has 8 heavy (non-hydrogen) atoms. The number of hydrogen-bond acceptors (Lipinski definition) is 2. The molecule has 0 fully saturated rings. The summed E-state index contributed by atoms with van der Waals surface area (Å²) in [7, 11) is 0. The van der Waals surface area contributed by atoms with E-state index in [2.05, 4.69) is 24.1 Å². The van der Waals surface area contributed by atoms with E-state index in [1.165, 1.54) is 5.70 Å². The number of hydrogen-bond donors (Lipinski definition) is 2. The van der Waals surface area contributed by atoms with Gasteiger partial charge in [0.05, 0.1) is 5.82 Å². The summed E-state index contributed by atoms with van der Waals surface area (Å²) in [5.74, 6) is 0.877. The van der Waals surface area contributed by atoms with E-state index in [0.717, 1.165) is 12.2 Å². The zero-order valence-corrected chi connectivity index (χ0v) is 4.99. The number of allylic oxidation sites excluding steroid dienone is 1. The Morgan fingerprint density at radius 3 is 2.75 bits per heavy atom. The lowest BCUT2D eigenvalue weighted by atomic mass is 10.4. The van der Waals surface area contributed by atoms with Crippen LogP contribution in [0.2, 0.25) is 0 Å². The lowest BCUT2D eigenvalue weighted by molar-refractivity contribution is 0.913. The van der Waals surface area contributed by atoms with Crippen LogP contribution >= 0.6 is 0 Å². The maximum absolute atomic E-state index is 3.68. The molecule has 1 aliphatic heterocycles. The van der Waals surface area contributed by atoms with Crippen LogP contribution in [0.1, 0.15) is 13.3 Å². The molecule has 0 aromatic carbocycles. The highest BCUT2D eigenvalue weighted by Gasteiger charge is 2.00. The van der Waals surface area contributed by atoms with Crippen molar-refractivity contribution in [1.82, 2.24) is 10.6 Å². The molecule has 0 aromatic rings. The Kier molecular flexibility index (Phi) is 1.24. The molecular weight excluding hydrogens is 100 g/mol. The predicted molar refractivity (Wildman–Crippen MR) is 33.8 cm³/mol. The normalized spacial score (nSPS) is 17.1. The van der Waals surface area contributed by atoms with E-state index in [9.17, 15) is 0 Å². The third-order valence-electron chi connectivity index (χ3n) is 1.11. The highest BCUT2D eigenvalue weighted by atomic mass is 15.1. The fourth-order valence-electron chi connectivity index (χ4n) is 0.631. The second kappa shape index (κ2) is 1.90. The Labute approximate surface area is 49.3 Å². The van der Waals surface area contributed by atoms with Crippen LogP contribution in [0, 0.1) is 0 Å². The molecule has 1 heterocycles. The first-order valence-corrected chi connectivity index (χ1v) is 2.74. The largest absolute Gasteiger partial charge is 0.347 e. The van der Waals surface area contributed by atoms with E-state index in [4.69, 9.17) is 0 Å². The van der Waals surface area contributed by atoms with Gasteiger partial charge in [-0.05, 0) is 6.42 Å². The first-order valence-electron chi connectivity index (χ1n) is 2.74. The molecule has 0 aromatic heterocycles. The van der Waals surface area contributed by atoms with Gasteiger partial charge in [0.1, 0.15) is 0 Å². The first-order chi connectivity index (χ1) is 3.83. The van der Waals surface area contributed by atoms with Crippen LogP contribution in [0.15, 0.2) is 24.3 Å². The second-order valence-electron chi connectivity index (χ2n) is 1.77. The molecular formula is C6H10N2. The molecule has 0 bridgehead atoms. The van der Waals surface area contributed by atoms with Crippen LogP contribution in [0.3, 0.4) is 0 Å². The van der Waals surface area contributed by atoms with Crippen molar-refractivity contribution in [3.8, 4) is 0 Å². The molecule has 44 valence electrons. The Balaban J connectivity index is 2.49. The van der Waals surface area contributed by atoms with Gasteiger partial charge in [0.25, 0.3) is 0 Å². The van der Waals surface area contributed by atoms with Crippen LogP contribution in [-0.2, 0) is 0 Å². The molecule has 2 nitrogen and oxygen atoms in total. The fourth-order valence-corrected chi connectivity index (χ4v) is 0.631. The monoisotopic (exact) mass is 110 g/mol. The molecule has 0 saturated heterocycles. The molecule has 2 N–H and O–H groups in total. The summed E-state index contributed by atoms with van der Waals surface area (Å²) in [6.45, 7) is 5.77. The molecule has 0 aliphatic carbocycles. The summed E-state index contributed by atoms with van der Waals surface area (Å²) in [5.41, 5.74) is 1.20. The molecule has 0 amide bonds. The van der Waals surface area contributed by atoms with Crippen LogP contribution in [0.4, 0.5) is 0 Å². The van der Waals surface area contributed by atoms with E-state index in [-0.39, 0.29) is 0 Å². The predicted octanol–water partition coefficient (Wildman–Crippen LogP) is 0.902. The van der Waals surface area contributed by atoms with Crippen molar-refractivity contribution in [2.75, 3.05) is 0 Å². The highest BCUT2D eigenvalue weighted by molar-refractivity contribution is 5.15. The van der Waals surface area contributed by atoms with E-state index >= 15 is 0 Å². The lowest BCUT2D eigenvalue weighted by Crippen LogP contribution is -2.09. The van der Waals surface area contributed by atoms with Crippen LogP contribution in [0.5, 0.6) is 0 Å². The molecule has 0 radical (unpaired) electrons. The minimum Gasteiger partial charge on any atom is -0.347 e. The topological polar surface area (TPSA) is 24.1 Å². The Morgan fingerprint density at radius 2 is 2.50 bits per heavy atom. The molecule has 0 saturated carbocycles. The molecule has 0 spiro atoms. The van der Waals surface area contributed by atoms with E-state index in [1.54, 1.807) is 0 Å². The van der Waals surface area contributed by atoms with E-state index in [0.29, 0.717) is 0 Å². The van der Waals surface area contributed by atoms with Gasteiger partial charge in [0, 0.05) is 11.9 Å². The van der Waals surface area contributed by atoms with Crippen molar-refractivity contribution < 1.29 is 0 Å². The second-order valence-corrected chi connectivity index (χ2v) is 1.77.